The molecule has 0 fully saturated rings. The van der Waals surface area contributed by atoms with E-state index in [4.69, 9.17) is 4.74 Å². The summed E-state index contributed by atoms with van der Waals surface area (Å²) in [5, 5.41) is 5.79. The second-order valence-electron chi connectivity index (χ2n) is 5.54. The molecule has 1 amide bonds. The minimum atomic E-state index is -3.78. The molecule has 0 heterocycles. The summed E-state index contributed by atoms with van der Waals surface area (Å²) in [4.78, 5) is 12.1. The molecule has 0 aliphatic heterocycles. The smallest absolute Gasteiger partial charge is 0.262 e. The highest BCUT2D eigenvalue weighted by Crippen LogP contribution is 2.26. The number of hydrogen-bond donors (Lipinski definition) is 3. The zero-order chi connectivity index (χ0) is 19.0. The number of amides is 1. The van der Waals surface area contributed by atoms with Gasteiger partial charge in [0.25, 0.3) is 15.9 Å². The van der Waals surface area contributed by atoms with Gasteiger partial charge in [0.15, 0.2) is 0 Å². The van der Waals surface area contributed by atoms with Crippen LogP contribution >= 0.6 is 0 Å². The van der Waals surface area contributed by atoms with Gasteiger partial charge in [-0.2, -0.15) is 0 Å². The van der Waals surface area contributed by atoms with Gasteiger partial charge >= 0.3 is 0 Å². The minimum absolute atomic E-state index is 0.0649. The molecule has 0 aromatic heterocycles. The van der Waals surface area contributed by atoms with Crippen molar-refractivity contribution in [3.8, 4) is 5.75 Å². The lowest BCUT2D eigenvalue weighted by Gasteiger charge is -2.12. The number of anilines is 1. The van der Waals surface area contributed by atoms with Gasteiger partial charge < -0.3 is 15.4 Å². The first kappa shape index (κ1) is 19.7. The number of benzene rings is 2. The van der Waals surface area contributed by atoms with Gasteiger partial charge in [0.1, 0.15) is 5.75 Å². The molecule has 0 aliphatic carbocycles. The van der Waals surface area contributed by atoms with Crippen molar-refractivity contribution in [2.24, 2.45) is 0 Å². The summed E-state index contributed by atoms with van der Waals surface area (Å²) in [6.07, 6.45) is 0.817. The van der Waals surface area contributed by atoms with Gasteiger partial charge in [0.2, 0.25) is 0 Å². The van der Waals surface area contributed by atoms with E-state index in [1.165, 1.54) is 31.4 Å². The summed E-state index contributed by atoms with van der Waals surface area (Å²) in [5.41, 5.74) is 0.757. The number of ether oxygens (including phenoxy) is 1. The molecule has 140 valence electrons. The first-order valence-corrected chi connectivity index (χ1v) is 9.65. The lowest BCUT2D eigenvalue weighted by atomic mass is 10.2. The number of carbonyl (C=O) groups is 1. The van der Waals surface area contributed by atoms with Crippen molar-refractivity contribution >= 4 is 21.6 Å². The molecule has 0 atom stereocenters. The standard InChI is InChI=1S/C18H23N3O4S/c1-19-12-5-13-20-18(22)14-8-10-15(11-9-14)26(23,24)21-16-6-3-4-7-17(16)25-2/h3-4,6-11,19,21H,5,12-13H2,1-2H3,(H,20,22). The highest BCUT2D eigenvalue weighted by Gasteiger charge is 2.17. The quantitative estimate of drug-likeness (QED) is 0.580. The Morgan fingerprint density at radius 1 is 1.04 bits per heavy atom. The molecule has 7 nitrogen and oxygen atoms in total. The third-order valence-corrected chi connectivity index (χ3v) is 5.05. The molecular weight excluding hydrogens is 354 g/mol. The average Bonchev–Trinajstić information content (AvgIpc) is 2.65. The van der Waals surface area contributed by atoms with Crippen molar-refractivity contribution in [2.75, 3.05) is 32.0 Å². The number of nitrogens with one attached hydrogen (secondary N) is 3. The van der Waals surface area contributed by atoms with E-state index in [9.17, 15) is 13.2 Å². The molecule has 8 heteroatoms. The summed E-state index contributed by atoms with van der Waals surface area (Å²) in [6, 6.07) is 12.5. The summed E-state index contributed by atoms with van der Waals surface area (Å²) in [6.45, 7) is 1.36. The monoisotopic (exact) mass is 377 g/mol. The number of carbonyl (C=O) groups excluding carboxylic acids is 1. The first-order chi connectivity index (χ1) is 12.5. The molecule has 0 saturated heterocycles. The summed E-state index contributed by atoms with van der Waals surface area (Å²) < 4.78 is 32.7. The van der Waals surface area contributed by atoms with Gasteiger partial charge in [-0.25, -0.2) is 8.42 Å². The maximum Gasteiger partial charge on any atom is 0.262 e. The summed E-state index contributed by atoms with van der Waals surface area (Å²) >= 11 is 0. The largest absolute Gasteiger partial charge is 0.495 e. The van der Waals surface area contributed by atoms with Gasteiger partial charge in [-0.15, -0.1) is 0 Å². The lowest BCUT2D eigenvalue weighted by molar-refractivity contribution is 0.0953. The Balaban J connectivity index is 2.07. The van der Waals surface area contributed by atoms with Crippen LogP contribution in [0.15, 0.2) is 53.4 Å². The predicted molar refractivity (Wildman–Crippen MR) is 101 cm³/mol. The van der Waals surface area contributed by atoms with Crippen molar-refractivity contribution in [3.63, 3.8) is 0 Å². The maximum absolute atomic E-state index is 12.5. The molecule has 0 aliphatic rings. The van der Waals surface area contributed by atoms with Crippen molar-refractivity contribution < 1.29 is 17.9 Å². The molecule has 3 N–H and O–H groups in total. The predicted octanol–water partition coefficient (Wildman–Crippen LogP) is 1.84. The molecular formula is C18H23N3O4S. The van der Waals surface area contributed by atoms with E-state index >= 15 is 0 Å². The summed E-state index contributed by atoms with van der Waals surface area (Å²) in [7, 11) is -0.466. The van der Waals surface area contributed by atoms with Crippen molar-refractivity contribution in [2.45, 2.75) is 11.3 Å². The Kier molecular flexibility index (Phi) is 6.99. The molecule has 0 spiro atoms. The van der Waals surface area contributed by atoms with E-state index in [2.05, 4.69) is 15.4 Å². The van der Waals surface area contributed by atoms with E-state index in [0.717, 1.165) is 13.0 Å². The van der Waals surface area contributed by atoms with Crippen molar-refractivity contribution in [3.05, 3.63) is 54.1 Å². The van der Waals surface area contributed by atoms with Crippen LogP contribution in [0.25, 0.3) is 0 Å². The van der Waals surface area contributed by atoms with Gasteiger partial charge in [0, 0.05) is 12.1 Å². The Morgan fingerprint density at radius 3 is 2.38 bits per heavy atom. The van der Waals surface area contributed by atoms with Crippen LogP contribution in [0.1, 0.15) is 16.8 Å². The van der Waals surface area contributed by atoms with Gasteiger partial charge in [-0.05, 0) is 56.4 Å². The Morgan fingerprint density at radius 2 is 1.73 bits per heavy atom. The van der Waals surface area contributed by atoms with Crippen LogP contribution in [-0.2, 0) is 10.0 Å². The van der Waals surface area contributed by atoms with Crippen LogP contribution in [0.2, 0.25) is 0 Å². The minimum Gasteiger partial charge on any atom is -0.495 e. The van der Waals surface area contributed by atoms with E-state index in [0.29, 0.717) is 23.5 Å². The number of hydrogen-bond acceptors (Lipinski definition) is 5. The zero-order valence-corrected chi connectivity index (χ0v) is 15.6. The molecule has 2 aromatic carbocycles. The molecule has 2 rings (SSSR count). The SMILES string of the molecule is CNCCCNC(=O)c1ccc(S(=O)(=O)Nc2ccccc2OC)cc1. The van der Waals surface area contributed by atoms with Crippen LogP contribution in [0.5, 0.6) is 5.75 Å². The third-order valence-electron chi connectivity index (χ3n) is 3.67. The Hall–Kier alpha value is -2.58. The van der Waals surface area contributed by atoms with Crippen LogP contribution in [0, 0.1) is 0 Å². The highest BCUT2D eigenvalue weighted by atomic mass is 32.2. The summed E-state index contributed by atoms with van der Waals surface area (Å²) in [5.74, 6) is 0.191. The molecule has 0 unspecified atom stereocenters. The number of sulfonamides is 1. The fourth-order valence-electron chi connectivity index (χ4n) is 2.29. The van der Waals surface area contributed by atoms with Crippen molar-refractivity contribution in [1.82, 2.24) is 10.6 Å². The molecule has 26 heavy (non-hydrogen) atoms. The van der Waals surface area contributed by atoms with Crippen LogP contribution < -0.4 is 20.1 Å². The molecule has 0 saturated carbocycles. The second kappa shape index (κ2) is 9.21. The Bertz CT molecular complexity index is 836. The van der Waals surface area contributed by atoms with E-state index in [1.807, 2.05) is 7.05 Å². The number of methoxy groups -OCH3 is 1. The molecule has 0 radical (unpaired) electrons. The van der Waals surface area contributed by atoms with Gasteiger partial charge in [-0.1, -0.05) is 12.1 Å². The second-order valence-corrected chi connectivity index (χ2v) is 7.23. The molecule has 0 bridgehead atoms. The highest BCUT2D eigenvalue weighted by molar-refractivity contribution is 7.92. The fraction of sp³-hybridized carbons (Fsp3) is 0.278. The Labute approximate surface area is 153 Å². The zero-order valence-electron chi connectivity index (χ0n) is 14.8. The fourth-order valence-corrected chi connectivity index (χ4v) is 3.36. The van der Waals surface area contributed by atoms with E-state index < -0.39 is 10.0 Å². The lowest BCUT2D eigenvalue weighted by Crippen LogP contribution is -2.26. The first-order valence-electron chi connectivity index (χ1n) is 8.16. The average molecular weight is 377 g/mol. The third kappa shape index (κ3) is 5.21. The number of rotatable bonds is 9. The van der Waals surface area contributed by atoms with Crippen molar-refractivity contribution in [1.29, 1.82) is 0 Å². The van der Waals surface area contributed by atoms with E-state index in [-0.39, 0.29) is 10.8 Å². The van der Waals surface area contributed by atoms with Crippen LogP contribution in [-0.4, -0.2) is 41.6 Å². The van der Waals surface area contributed by atoms with E-state index in [1.54, 1.807) is 24.3 Å². The van der Waals surface area contributed by atoms with Crippen LogP contribution in [0.3, 0.4) is 0 Å². The van der Waals surface area contributed by atoms with Gasteiger partial charge in [0.05, 0.1) is 17.7 Å². The maximum atomic E-state index is 12.5. The topological polar surface area (TPSA) is 96.5 Å². The normalized spacial score (nSPS) is 11.0. The number of para-hydroxylation sites is 2. The van der Waals surface area contributed by atoms with Gasteiger partial charge in [-0.3, -0.25) is 9.52 Å². The van der Waals surface area contributed by atoms with Crippen LogP contribution in [0.4, 0.5) is 5.69 Å². The molecule has 2 aromatic rings.